The van der Waals surface area contributed by atoms with Gasteiger partial charge in [-0.15, -0.1) is 0 Å². The number of benzene rings is 1. The lowest BCUT2D eigenvalue weighted by molar-refractivity contribution is -0.123. The highest BCUT2D eigenvalue weighted by Crippen LogP contribution is 2.17. The number of rotatable bonds is 9. The maximum Gasteiger partial charge on any atom is 0.258 e. The molecule has 0 spiro atoms. The summed E-state index contributed by atoms with van der Waals surface area (Å²) in [5.41, 5.74) is 0.648. The van der Waals surface area contributed by atoms with Gasteiger partial charge < -0.3 is 20.1 Å². The molecule has 1 atom stereocenters. The van der Waals surface area contributed by atoms with E-state index in [2.05, 4.69) is 10.6 Å². The molecular weight excluding hydrogens is 284 g/mol. The first-order valence-electron chi connectivity index (χ1n) is 7.41. The van der Waals surface area contributed by atoms with Gasteiger partial charge in [-0.2, -0.15) is 0 Å². The molecule has 1 aromatic carbocycles. The summed E-state index contributed by atoms with van der Waals surface area (Å²) in [4.78, 5) is 23.0. The van der Waals surface area contributed by atoms with Crippen molar-refractivity contribution in [2.45, 2.75) is 32.8 Å². The third-order valence-corrected chi connectivity index (χ3v) is 3.12. The van der Waals surface area contributed by atoms with Crippen LogP contribution in [0.2, 0.25) is 0 Å². The fourth-order valence-corrected chi connectivity index (χ4v) is 1.73. The predicted molar refractivity (Wildman–Crippen MR) is 85.0 cm³/mol. The molecule has 6 heteroatoms. The summed E-state index contributed by atoms with van der Waals surface area (Å²) in [5, 5.41) is 5.49. The van der Waals surface area contributed by atoms with E-state index < -0.39 is 0 Å². The second kappa shape index (κ2) is 9.78. The molecule has 22 heavy (non-hydrogen) atoms. The van der Waals surface area contributed by atoms with E-state index in [1.54, 1.807) is 38.3 Å². The summed E-state index contributed by atoms with van der Waals surface area (Å²) in [7, 11) is 1.62. The van der Waals surface area contributed by atoms with Gasteiger partial charge in [-0.25, -0.2) is 0 Å². The maximum absolute atomic E-state index is 11.7. The van der Waals surface area contributed by atoms with Crippen molar-refractivity contribution in [1.29, 1.82) is 0 Å². The molecule has 0 saturated carbocycles. The van der Waals surface area contributed by atoms with Crippen LogP contribution in [0, 0.1) is 0 Å². The lowest BCUT2D eigenvalue weighted by Crippen LogP contribution is -2.35. The molecule has 1 rings (SSSR count). The molecule has 122 valence electrons. The van der Waals surface area contributed by atoms with Gasteiger partial charge >= 0.3 is 0 Å². The fraction of sp³-hybridized carbons (Fsp3) is 0.500. The largest absolute Gasteiger partial charge is 0.484 e. The summed E-state index contributed by atoms with van der Waals surface area (Å²) in [6, 6.07) is 6.95. The van der Waals surface area contributed by atoms with Crippen molar-refractivity contribution in [2.24, 2.45) is 0 Å². The Balaban J connectivity index is 2.42. The molecule has 2 amide bonds. The van der Waals surface area contributed by atoms with E-state index in [9.17, 15) is 9.59 Å². The molecule has 0 saturated heterocycles. The molecular formula is C16H24N2O4. The Hall–Kier alpha value is -2.08. The van der Waals surface area contributed by atoms with E-state index in [4.69, 9.17) is 9.47 Å². The van der Waals surface area contributed by atoms with Crippen LogP contribution in [0.15, 0.2) is 24.3 Å². The molecule has 1 unspecified atom stereocenters. The Morgan fingerprint density at radius 1 is 1.23 bits per heavy atom. The highest BCUT2D eigenvalue weighted by molar-refractivity contribution is 5.90. The molecule has 0 fully saturated rings. The molecule has 0 aromatic heterocycles. The zero-order chi connectivity index (χ0) is 16.4. The third kappa shape index (κ3) is 6.58. The highest BCUT2D eigenvalue weighted by atomic mass is 16.5. The van der Waals surface area contributed by atoms with E-state index in [1.165, 1.54) is 0 Å². The van der Waals surface area contributed by atoms with Crippen LogP contribution in [-0.2, 0) is 14.3 Å². The Bertz CT molecular complexity index is 487. The van der Waals surface area contributed by atoms with Crippen LogP contribution in [0.25, 0.3) is 0 Å². The molecule has 1 aromatic rings. The Morgan fingerprint density at radius 2 is 2.00 bits per heavy atom. The summed E-state index contributed by atoms with van der Waals surface area (Å²) in [5.74, 6) is 0.251. The van der Waals surface area contributed by atoms with Crippen molar-refractivity contribution < 1.29 is 19.1 Å². The van der Waals surface area contributed by atoms with Crippen molar-refractivity contribution in [3.8, 4) is 5.75 Å². The zero-order valence-electron chi connectivity index (χ0n) is 13.3. The third-order valence-electron chi connectivity index (χ3n) is 3.12. The van der Waals surface area contributed by atoms with Crippen LogP contribution < -0.4 is 15.4 Å². The number of hydrogen-bond donors (Lipinski definition) is 2. The first-order chi connectivity index (χ1) is 10.6. The molecule has 0 aliphatic heterocycles. The van der Waals surface area contributed by atoms with Gasteiger partial charge in [-0.3, -0.25) is 9.59 Å². The SMILES string of the molecule is CCC(=O)Nc1cccc(OCC(=O)NCC(CC)OC)c1. The number of carbonyl (C=O) groups excluding carboxylic acids is 2. The minimum atomic E-state index is -0.210. The van der Waals surface area contributed by atoms with Crippen molar-refractivity contribution in [3.05, 3.63) is 24.3 Å². The van der Waals surface area contributed by atoms with E-state index >= 15 is 0 Å². The van der Waals surface area contributed by atoms with Crippen molar-refractivity contribution in [2.75, 3.05) is 25.6 Å². The van der Waals surface area contributed by atoms with E-state index in [0.29, 0.717) is 24.4 Å². The number of methoxy groups -OCH3 is 1. The Morgan fingerprint density at radius 3 is 2.64 bits per heavy atom. The van der Waals surface area contributed by atoms with Crippen molar-refractivity contribution in [1.82, 2.24) is 5.32 Å². The molecule has 0 aliphatic rings. The number of nitrogens with one attached hydrogen (secondary N) is 2. The molecule has 0 bridgehead atoms. The van der Waals surface area contributed by atoms with Gasteiger partial charge in [0.05, 0.1) is 6.10 Å². The van der Waals surface area contributed by atoms with Crippen LogP contribution >= 0.6 is 0 Å². The number of carbonyl (C=O) groups is 2. The molecule has 0 heterocycles. The Labute approximate surface area is 131 Å². The van der Waals surface area contributed by atoms with Gasteiger partial charge in [0.1, 0.15) is 5.75 Å². The standard InChI is InChI=1S/C16H24N2O4/c1-4-13(21-3)10-17-16(20)11-22-14-8-6-7-12(9-14)18-15(19)5-2/h6-9,13H,4-5,10-11H2,1-3H3,(H,17,20)(H,18,19). The zero-order valence-corrected chi connectivity index (χ0v) is 13.3. The van der Waals surface area contributed by atoms with Crippen LogP contribution in [0.5, 0.6) is 5.75 Å². The van der Waals surface area contributed by atoms with E-state index in [1.807, 2.05) is 6.92 Å². The van der Waals surface area contributed by atoms with Crippen LogP contribution in [-0.4, -0.2) is 38.2 Å². The normalized spacial score (nSPS) is 11.6. The second-order valence-corrected chi connectivity index (χ2v) is 4.79. The lowest BCUT2D eigenvalue weighted by atomic mass is 10.3. The topological polar surface area (TPSA) is 76.7 Å². The number of ether oxygens (including phenoxy) is 2. The number of hydrogen-bond acceptors (Lipinski definition) is 4. The minimum Gasteiger partial charge on any atom is -0.484 e. The van der Waals surface area contributed by atoms with Crippen LogP contribution in [0.3, 0.4) is 0 Å². The summed E-state index contributed by atoms with van der Waals surface area (Å²) >= 11 is 0. The fourth-order valence-electron chi connectivity index (χ4n) is 1.73. The summed E-state index contributed by atoms with van der Waals surface area (Å²) < 4.78 is 10.6. The first-order valence-corrected chi connectivity index (χ1v) is 7.41. The van der Waals surface area contributed by atoms with E-state index in [-0.39, 0.29) is 24.5 Å². The van der Waals surface area contributed by atoms with Gasteiger partial charge in [-0.05, 0) is 18.6 Å². The molecule has 2 N–H and O–H groups in total. The summed E-state index contributed by atoms with van der Waals surface area (Å²) in [6.07, 6.45) is 1.25. The van der Waals surface area contributed by atoms with Crippen LogP contribution in [0.1, 0.15) is 26.7 Å². The average Bonchev–Trinajstić information content (AvgIpc) is 2.54. The van der Waals surface area contributed by atoms with Crippen molar-refractivity contribution in [3.63, 3.8) is 0 Å². The number of amides is 2. The monoisotopic (exact) mass is 308 g/mol. The van der Waals surface area contributed by atoms with Gasteiger partial charge in [0.2, 0.25) is 5.91 Å². The highest BCUT2D eigenvalue weighted by Gasteiger charge is 2.08. The first kappa shape index (κ1) is 18.0. The smallest absolute Gasteiger partial charge is 0.258 e. The van der Waals surface area contributed by atoms with Crippen LogP contribution in [0.4, 0.5) is 5.69 Å². The van der Waals surface area contributed by atoms with E-state index in [0.717, 1.165) is 6.42 Å². The van der Waals surface area contributed by atoms with Gasteiger partial charge in [0.15, 0.2) is 6.61 Å². The molecule has 6 nitrogen and oxygen atoms in total. The van der Waals surface area contributed by atoms with Gasteiger partial charge in [-0.1, -0.05) is 19.9 Å². The second-order valence-electron chi connectivity index (χ2n) is 4.79. The quantitative estimate of drug-likeness (QED) is 0.731. The van der Waals surface area contributed by atoms with Crippen molar-refractivity contribution >= 4 is 17.5 Å². The maximum atomic E-state index is 11.7. The van der Waals surface area contributed by atoms with Gasteiger partial charge in [0, 0.05) is 31.8 Å². The Kier molecular flexibility index (Phi) is 7.99. The summed E-state index contributed by atoms with van der Waals surface area (Å²) in [6.45, 7) is 4.16. The minimum absolute atomic E-state index is 0.0107. The lowest BCUT2D eigenvalue weighted by Gasteiger charge is -2.14. The molecule has 0 radical (unpaired) electrons. The number of anilines is 1. The predicted octanol–water partition coefficient (Wildman–Crippen LogP) is 1.96. The average molecular weight is 308 g/mol. The molecule has 0 aliphatic carbocycles. The van der Waals surface area contributed by atoms with Gasteiger partial charge in [0.25, 0.3) is 5.91 Å².